The van der Waals surface area contributed by atoms with Crippen LogP contribution >= 0.6 is 0 Å². The average Bonchev–Trinajstić information content (AvgIpc) is 2.75. The topological polar surface area (TPSA) is 33.1 Å². The summed E-state index contributed by atoms with van der Waals surface area (Å²) in [6.07, 6.45) is 4.12. The lowest BCUT2D eigenvalue weighted by atomic mass is 10.2. The smallest absolute Gasteiger partial charge is 0.140 e. The average molecular weight is 274 g/mol. The van der Waals surface area contributed by atoms with Crippen LogP contribution in [0.1, 0.15) is 19.4 Å². The lowest BCUT2D eigenvalue weighted by molar-refractivity contribution is 0.386. The minimum atomic E-state index is 0.676. The van der Waals surface area contributed by atoms with Crippen molar-refractivity contribution in [1.29, 1.82) is 0 Å². The van der Waals surface area contributed by atoms with Gasteiger partial charge in [-0.15, -0.1) is 0 Å². The Morgan fingerprint density at radius 1 is 1.35 bits per heavy atom. The van der Waals surface area contributed by atoms with Crippen LogP contribution in [0.3, 0.4) is 0 Å². The molecule has 0 bridgehead atoms. The molecule has 0 aliphatic rings. The van der Waals surface area contributed by atoms with E-state index in [9.17, 15) is 0 Å². The summed E-state index contributed by atoms with van der Waals surface area (Å²) in [6.45, 7) is 8.42. The molecule has 0 aliphatic heterocycles. The molecule has 4 nitrogen and oxygen atoms in total. The Labute approximate surface area is 121 Å². The van der Waals surface area contributed by atoms with Crippen LogP contribution in [0.4, 0.5) is 0 Å². The highest BCUT2D eigenvalue weighted by molar-refractivity contribution is 5.80. The highest BCUT2D eigenvalue weighted by Gasteiger charge is 2.09. The second-order valence-electron chi connectivity index (χ2n) is 6.05. The van der Waals surface area contributed by atoms with Crippen molar-refractivity contribution >= 4 is 11.0 Å². The van der Waals surface area contributed by atoms with Crippen LogP contribution in [0.15, 0.2) is 24.5 Å². The maximum atomic E-state index is 4.54. The van der Waals surface area contributed by atoms with Crippen molar-refractivity contribution in [2.75, 3.05) is 27.2 Å². The Bertz CT molecular complexity index is 542. The highest BCUT2D eigenvalue weighted by Crippen LogP contribution is 2.19. The van der Waals surface area contributed by atoms with Crippen molar-refractivity contribution in [2.45, 2.75) is 26.9 Å². The maximum absolute atomic E-state index is 4.54. The lowest BCUT2D eigenvalue weighted by Gasteiger charge is -2.10. The minimum Gasteiger partial charge on any atom is -0.331 e. The molecular formula is C16H26N4. The van der Waals surface area contributed by atoms with E-state index in [0.717, 1.165) is 31.8 Å². The molecular weight excluding hydrogens is 248 g/mol. The molecule has 110 valence electrons. The number of likely N-dealkylation sites (N-methyl/N-ethyl adjacent to an activating group) is 1. The third kappa shape index (κ3) is 3.81. The van der Waals surface area contributed by atoms with E-state index in [-0.39, 0.29) is 0 Å². The van der Waals surface area contributed by atoms with E-state index in [0.29, 0.717) is 5.92 Å². The van der Waals surface area contributed by atoms with E-state index in [2.05, 4.69) is 60.0 Å². The van der Waals surface area contributed by atoms with Gasteiger partial charge >= 0.3 is 0 Å². The molecule has 20 heavy (non-hydrogen) atoms. The van der Waals surface area contributed by atoms with Crippen LogP contribution in [0.25, 0.3) is 11.0 Å². The first-order chi connectivity index (χ1) is 9.58. The Balaban J connectivity index is 2.17. The number of hydrogen-bond donors (Lipinski definition) is 1. The summed E-state index contributed by atoms with van der Waals surface area (Å²) in [5.74, 6) is 0.676. The predicted octanol–water partition coefficient (Wildman–Crippen LogP) is 2.34. The van der Waals surface area contributed by atoms with Gasteiger partial charge in [0.2, 0.25) is 0 Å². The largest absolute Gasteiger partial charge is 0.331 e. The van der Waals surface area contributed by atoms with Crippen molar-refractivity contribution in [2.24, 2.45) is 5.92 Å². The van der Waals surface area contributed by atoms with Gasteiger partial charge in [-0.1, -0.05) is 13.8 Å². The molecule has 0 radical (unpaired) electrons. The Kier molecular flexibility index (Phi) is 5.15. The molecule has 4 heteroatoms. The van der Waals surface area contributed by atoms with Crippen molar-refractivity contribution in [3.05, 3.63) is 30.1 Å². The summed E-state index contributed by atoms with van der Waals surface area (Å²) in [5.41, 5.74) is 2.43. The van der Waals surface area contributed by atoms with Gasteiger partial charge in [0.15, 0.2) is 0 Å². The number of pyridine rings is 1. The first-order valence-electron chi connectivity index (χ1n) is 7.36. The molecule has 0 unspecified atom stereocenters. The van der Waals surface area contributed by atoms with Gasteiger partial charge in [-0.3, -0.25) is 0 Å². The zero-order chi connectivity index (χ0) is 14.5. The van der Waals surface area contributed by atoms with E-state index in [1.54, 1.807) is 0 Å². The summed E-state index contributed by atoms with van der Waals surface area (Å²) >= 11 is 0. The number of fused-ring (bicyclic) bond motifs is 1. The minimum absolute atomic E-state index is 0.676. The monoisotopic (exact) mass is 274 g/mol. The third-order valence-corrected chi connectivity index (χ3v) is 3.37. The van der Waals surface area contributed by atoms with Crippen LogP contribution in [0, 0.1) is 5.92 Å². The third-order valence-electron chi connectivity index (χ3n) is 3.37. The van der Waals surface area contributed by atoms with Gasteiger partial charge in [0.1, 0.15) is 5.65 Å². The fraction of sp³-hybridized carbons (Fsp3) is 0.562. The molecule has 2 aromatic rings. The fourth-order valence-corrected chi connectivity index (χ4v) is 2.31. The van der Waals surface area contributed by atoms with Gasteiger partial charge in [0.05, 0.1) is 0 Å². The summed E-state index contributed by atoms with van der Waals surface area (Å²) in [7, 11) is 4.20. The first kappa shape index (κ1) is 15.0. The summed E-state index contributed by atoms with van der Waals surface area (Å²) < 4.78 is 2.27. The lowest BCUT2D eigenvalue weighted by Crippen LogP contribution is -2.19. The zero-order valence-corrected chi connectivity index (χ0v) is 13.1. The van der Waals surface area contributed by atoms with Gasteiger partial charge in [-0.05, 0) is 44.3 Å². The molecule has 0 atom stereocenters. The molecule has 0 fully saturated rings. The van der Waals surface area contributed by atoms with Crippen LogP contribution in [-0.4, -0.2) is 41.6 Å². The van der Waals surface area contributed by atoms with Crippen LogP contribution in [0.5, 0.6) is 0 Å². The van der Waals surface area contributed by atoms with Crippen molar-refractivity contribution in [3.8, 4) is 0 Å². The van der Waals surface area contributed by atoms with Gasteiger partial charge in [0.25, 0.3) is 0 Å². The van der Waals surface area contributed by atoms with E-state index < -0.39 is 0 Å². The predicted molar refractivity (Wildman–Crippen MR) is 84.8 cm³/mol. The quantitative estimate of drug-likeness (QED) is 0.841. The van der Waals surface area contributed by atoms with Crippen molar-refractivity contribution in [1.82, 2.24) is 19.8 Å². The first-order valence-corrected chi connectivity index (χ1v) is 7.36. The van der Waals surface area contributed by atoms with Crippen LogP contribution in [-0.2, 0) is 13.1 Å². The van der Waals surface area contributed by atoms with E-state index in [1.807, 2.05) is 12.3 Å². The van der Waals surface area contributed by atoms with E-state index in [1.165, 1.54) is 10.9 Å². The number of nitrogens with zero attached hydrogens (tertiary/aromatic N) is 3. The van der Waals surface area contributed by atoms with Crippen LogP contribution < -0.4 is 5.32 Å². The molecule has 0 spiro atoms. The molecule has 0 amide bonds. The van der Waals surface area contributed by atoms with Gasteiger partial charge in [0, 0.05) is 37.4 Å². The molecule has 2 rings (SSSR count). The molecule has 0 saturated heterocycles. The highest BCUT2D eigenvalue weighted by atomic mass is 15.1. The maximum Gasteiger partial charge on any atom is 0.140 e. The summed E-state index contributed by atoms with van der Waals surface area (Å²) in [5, 5.41) is 4.79. The van der Waals surface area contributed by atoms with Crippen molar-refractivity contribution < 1.29 is 0 Å². The van der Waals surface area contributed by atoms with Gasteiger partial charge in [-0.2, -0.15) is 0 Å². The molecule has 0 aliphatic carbocycles. The second kappa shape index (κ2) is 6.86. The molecule has 0 aromatic carbocycles. The van der Waals surface area contributed by atoms with Gasteiger partial charge < -0.3 is 14.8 Å². The molecule has 2 aromatic heterocycles. The van der Waals surface area contributed by atoms with E-state index in [4.69, 9.17) is 0 Å². The normalized spacial score (nSPS) is 11.9. The SMILES string of the molecule is CC(C)CNCc1cn(CCN(C)C)c2ncccc12. The second-order valence-corrected chi connectivity index (χ2v) is 6.05. The molecule has 1 N–H and O–H groups in total. The number of aromatic nitrogens is 2. The summed E-state index contributed by atoms with van der Waals surface area (Å²) in [4.78, 5) is 6.74. The molecule has 2 heterocycles. The summed E-state index contributed by atoms with van der Waals surface area (Å²) in [6, 6.07) is 4.19. The van der Waals surface area contributed by atoms with E-state index >= 15 is 0 Å². The van der Waals surface area contributed by atoms with Gasteiger partial charge in [-0.25, -0.2) is 4.98 Å². The molecule has 0 saturated carbocycles. The standard InChI is InChI=1S/C16H26N4/c1-13(2)10-17-11-14-12-20(9-8-19(3)4)16-15(14)6-5-7-18-16/h5-7,12-13,17H,8-11H2,1-4H3. The Morgan fingerprint density at radius 3 is 2.85 bits per heavy atom. The zero-order valence-electron chi connectivity index (χ0n) is 13.1. The van der Waals surface area contributed by atoms with Crippen LogP contribution in [0.2, 0.25) is 0 Å². The number of nitrogens with one attached hydrogen (secondary N) is 1. The fourth-order valence-electron chi connectivity index (χ4n) is 2.31. The Morgan fingerprint density at radius 2 is 2.15 bits per heavy atom. The van der Waals surface area contributed by atoms with Crippen molar-refractivity contribution in [3.63, 3.8) is 0 Å². The number of rotatable bonds is 7. The number of hydrogen-bond acceptors (Lipinski definition) is 3. The Hall–Kier alpha value is -1.39.